The molecular weight excluding hydrogens is 252 g/mol. The van der Waals surface area contributed by atoms with Gasteiger partial charge in [-0.1, -0.05) is 24.3 Å². The van der Waals surface area contributed by atoms with Gasteiger partial charge in [-0.05, 0) is 29.8 Å². The third kappa shape index (κ3) is 1.81. The lowest BCUT2D eigenvalue weighted by Crippen LogP contribution is -2.45. The minimum absolute atomic E-state index is 0.00737. The molecule has 102 valence electrons. The molecule has 0 radical (unpaired) electrons. The second-order valence-corrected chi connectivity index (χ2v) is 5.01. The predicted octanol–water partition coefficient (Wildman–Crippen LogP) is 2.61. The number of nitrogens with zero attached hydrogens (tertiary/aromatic N) is 2. The maximum Gasteiger partial charge on any atom is 0.257 e. The Hall–Kier alpha value is -2.49. The van der Waals surface area contributed by atoms with E-state index < -0.39 is 0 Å². The van der Waals surface area contributed by atoms with Gasteiger partial charge in [0, 0.05) is 14.1 Å². The van der Waals surface area contributed by atoms with Crippen LogP contribution in [-0.4, -0.2) is 30.0 Å². The molecule has 1 atom stereocenters. The van der Waals surface area contributed by atoms with Crippen molar-refractivity contribution in [2.45, 2.75) is 6.17 Å². The molecule has 0 saturated carbocycles. The Morgan fingerprint density at radius 2 is 1.75 bits per heavy atom. The highest BCUT2D eigenvalue weighted by Crippen LogP contribution is 2.37. The molecule has 1 aliphatic heterocycles. The molecular formula is C16H16N2O2. The summed E-state index contributed by atoms with van der Waals surface area (Å²) >= 11 is 0. The van der Waals surface area contributed by atoms with Crippen molar-refractivity contribution in [3.05, 3.63) is 59.7 Å². The van der Waals surface area contributed by atoms with Crippen LogP contribution in [0.15, 0.2) is 48.5 Å². The SMILES string of the molecule is CN1C(=O)c2ccccc2N(C)C1c1cccc(O)c1. The number of hydrogen-bond acceptors (Lipinski definition) is 3. The largest absolute Gasteiger partial charge is 0.508 e. The number of phenols is 1. The highest BCUT2D eigenvalue weighted by Gasteiger charge is 2.34. The number of carbonyl (C=O) groups excluding carboxylic acids is 1. The van der Waals surface area contributed by atoms with E-state index in [-0.39, 0.29) is 17.8 Å². The Morgan fingerprint density at radius 1 is 1.00 bits per heavy atom. The van der Waals surface area contributed by atoms with Crippen LogP contribution in [0, 0.1) is 0 Å². The van der Waals surface area contributed by atoms with E-state index in [4.69, 9.17) is 0 Å². The van der Waals surface area contributed by atoms with Gasteiger partial charge in [-0.15, -0.1) is 0 Å². The van der Waals surface area contributed by atoms with Crippen LogP contribution >= 0.6 is 0 Å². The molecule has 1 amide bonds. The van der Waals surface area contributed by atoms with Gasteiger partial charge in [0.15, 0.2) is 0 Å². The molecule has 2 aromatic rings. The Bertz CT molecular complexity index is 669. The number of fused-ring (bicyclic) bond motifs is 1. The zero-order chi connectivity index (χ0) is 14.3. The summed E-state index contributed by atoms with van der Waals surface area (Å²) in [5.74, 6) is 0.197. The second-order valence-electron chi connectivity index (χ2n) is 5.01. The lowest BCUT2D eigenvalue weighted by Gasteiger charge is -2.42. The quantitative estimate of drug-likeness (QED) is 0.864. The third-order valence-electron chi connectivity index (χ3n) is 3.74. The molecule has 1 N–H and O–H groups in total. The maximum atomic E-state index is 12.5. The average molecular weight is 268 g/mol. The zero-order valence-corrected chi connectivity index (χ0v) is 11.4. The number of para-hydroxylation sites is 1. The van der Waals surface area contributed by atoms with E-state index >= 15 is 0 Å². The van der Waals surface area contributed by atoms with Crippen LogP contribution in [0.4, 0.5) is 5.69 Å². The first-order chi connectivity index (χ1) is 9.59. The van der Waals surface area contributed by atoms with Crippen molar-refractivity contribution in [1.29, 1.82) is 0 Å². The van der Waals surface area contributed by atoms with Gasteiger partial charge in [-0.3, -0.25) is 4.79 Å². The molecule has 0 spiro atoms. The number of carbonyl (C=O) groups is 1. The third-order valence-corrected chi connectivity index (χ3v) is 3.74. The number of phenolic OH excluding ortho intramolecular Hbond substituents is 1. The fraction of sp³-hybridized carbons (Fsp3) is 0.188. The minimum Gasteiger partial charge on any atom is -0.508 e. The summed E-state index contributed by atoms with van der Waals surface area (Å²) in [4.78, 5) is 16.2. The first-order valence-electron chi connectivity index (χ1n) is 6.47. The van der Waals surface area contributed by atoms with E-state index in [2.05, 4.69) is 0 Å². The summed E-state index contributed by atoms with van der Waals surface area (Å²) < 4.78 is 0. The standard InChI is InChI=1S/C16H16N2O2/c1-17-14-9-4-3-8-13(14)16(20)18(2)15(17)11-6-5-7-12(19)10-11/h3-10,15,19H,1-2H3. The maximum absolute atomic E-state index is 12.5. The normalized spacial score (nSPS) is 18.1. The van der Waals surface area contributed by atoms with Gasteiger partial charge in [-0.25, -0.2) is 0 Å². The van der Waals surface area contributed by atoms with E-state index in [1.807, 2.05) is 42.3 Å². The van der Waals surface area contributed by atoms with E-state index in [0.717, 1.165) is 11.3 Å². The Kier molecular flexibility index (Phi) is 2.86. The fourth-order valence-electron chi connectivity index (χ4n) is 2.79. The summed E-state index contributed by atoms with van der Waals surface area (Å²) in [5, 5.41) is 9.66. The lowest BCUT2D eigenvalue weighted by atomic mass is 10.0. The molecule has 3 rings (SSSR count). The van der Waals surface area contributed by atoms with Crippen molar-refractivity contribution < 1.29 is 9.90 Å². The minimum atomic E-state index is -0.218. The Balaban J connectivity index is 2.12. The van der Waals surface area contributed by atoms with Crippen molar-refractivity contribution in [3.63, 3.8) is 0 Å². The van der Waals surface area contributed by atoms with Crippen LogP contribution < -0.4 is 4.90 Å². The number of rotatable bonds is 1. The van der Waals surface area contributed by atoms with Crippen LogP contribution in [0.2, 0.25) is 0 Å². The summed E-state index contributed by atoms with van der Waals surface area (Å²) in [7, 11) is 3.74. The van der Waals surface area contributed by atoms with Gasteiger partial charge >= 0.3 is 0 Å². The van der Waals surface area contributed by atoms with E-state index in [1.165, 1.54) is 0 Å². The van der Waals surface area contributed by atoms with Crippen molar-refractivity contribution in [2.24, 2.45) is 0 Å². The van der Waals surface area contributed by atoms with E-state index in [9.17, 15) is 9.90 Å². The average Bonchev–Trinajstić information content (AvgIpc) is 2.45. The van der Waals surface area contributed by atoms with Crippen LogP contribution in [0.1, 0.15) is 22.1 Å². The summed E-state index contributed by atoms with van der Waals surface area (Å²) in [5.41, 5.74) is 2.50. The van der Waals surface area contributed by atoms with Crippen molar-refractivity contribution >= 4 is 11.6 Å². The first kappa shape index (κ1) is 12.5. The molecule has 0 saturated heterocycles. The second kappa shape index (κ2) is 4.56. The molecule has 1 aliphatic rings. The van der Waals surface area contributed by atoms with Gasteiger partial charge in [0.1, 0.15) is 11.9 Å². The first-order valence-corrected chi connectivity index (χ1v) is 6.47. The van der Waals surface area contributed by atoms with Crippen molar-refractivity contribution in [2.75, 3.05) is 19.0 Å². The van der Waals surface area contributed by atoms with E-state index in [0.29, 0.717) is 5.56 Å². The fourth-order valence-corrected chi connectivity index (χ4v) is 2.79. The molecule has 1 unspecified atom stereocenters. The lowest BCUT2D eigenvalue weighted by molar-refractivity contribution is 0.0711. The molecule has 4 nitrogen and oxygen atoms in total. The monoisotopic (exact) mass is 268 g/mol. The molecule has 0 fully saturated rings. The molecule has 0 aromatic heterocycles. The van der Waals surface area contributed by atoms with E-state index in [1.54, 1.807) is 30.1 Å². The molecule has 2 aromatic carbocycles. The van der Waals surface area contributed by atoms with Crippen LogP contribution in [0.3, 0.4) is 0 Å². The highest BCUT2D eigenvalue weighted by molar-refractivity contribution is 6.01. The van der Waals surface area contributed by atoms with Crippen LogP contribution in [0.25, 0.3) is 0 Å². The Labute approximate surface area is 117 Å². The smallest absolute Gasteiger partial charge is 0.257 e. The van der Waals surface area contributed by atoms with Gasteiger partial charge in [0.2, 0.25) is 0 Å². The topological polar surface area (TPSA) is 43.8 Å². The number of hydrogen-bond donors (Lipinski definition) is 1. The molecule has 0 aliphatic carbocycles. The predicted molar refractivity (Wildman–Crippen MR) is 77.8 cm³/mol. The molecule has 0 bridgehead atoms. The number of anilines is 1. The van der Waals surface area contributed by atoms with Crippen molar-refractivity contribution in [1.82, 2.24) is 4.90 Å². The summed E-state index contributed by atoms with van der Waals surface area (Å²) in [6.07, 6.45) is -0.218. The zero-order valence-electron chi connectivity index (χ0n) is 11.4. The summed E-state index contributed by atoms with van der Waals surface area (Å²) in [6, 6.07) is 14.6. The highest BCUT2D eigenvalue weighted by atomic mass is 16.3. The van der Waals surface area contributed by atoms with Crippen LogP contribution in [-0.2, 0) is 0 Å². The summed E-state index contributed by atoms with van der Waals surface area (Å²) in [6.45, 7) is 0. The number of benzene rings is 2. The molecule has 20 heavy (non-hydrogen) atoms. The number of aromatic hydroxyl groups is 1. The molecule has 4 heteroatoms. The number of amides is 1. The van der Waals surface area contributed by atoms with Gasteiger partial charge in [0.25, 0.3) is 5.91 Å². The van der Waals surface area contributed by atoms with Gasteiger partial charge < -0.3 is 14.9 Å². The van der Waals surface area contributed by atoms with Crippen LogP contribution in [0.5, 0.6) is 5.75 Å². The van der Waals surface area contributed by atoms with Gasteiger partial charge in [0.05, 0.1) is 11.3 Å². The van der Waals surface area contributed by atoms with Gasteiger partial charge in [-0.2, -0.15) is 0 Å². The molecule has 1 heterocycles. The van der Waals surface area contributed by atoms with Crippen molar-refractivity contribution in [3.8, 4) is 5.75 Å². The Morgan fingerprint density at radius 3 is 2.50 bits per heavy atom.